The van der Waals surface area contributed by atoms with Gasteiger partial charge in [0.1, 0.15) is 11.5 Å². The number of ether oxygens (including phenoxy) is 1. The van der Waals surface area contributed by atoms with E-state index >= 15 is 0 Å². The van der Waals surface area contributed by atoms with Crippen LogP contribution in [0.25, 0.3) is 0 Å². The number of hydrogen-bond acceptors (Lipinski definition) is 4. The molecule has 129 valence electrons. The van der Waals surface area contributed by atoms with Gasteiger partial charge in [0.2, 0.25) is 0 Å². The maximum atomic E-state index is 6.50. The summed E-state index contributed by atoms with van der Waals surface area (Å²) in [6.45, 7) is 2.16. The molecule has 2 aliphatic rings. The summed E-state index contributed by atoms with van der Waals surface area (Å²) >= 11 is 3.61. The average Bonchev–Trinajstić information content (AvgIpc) is 3.20. The summed E-state index contributed by atoms with van der Waals surface area (Å²) in [5.74, 6) is 1.70. The fourth-order valence-electron chi connectivity index (χ4n) is 3.32. The Morgan fingerprint density at radius 1 is 1.16 bits per heavy atom. The largest absolute Gasteiger partial charge is 0.497 e. The number of nitrogens with zero attached hydrogens (tertiary/aromatic N) is 2. The molecule has 25 heavy (non-hydrogen) atoms. The number of halogens is 1. The van der Waals surface area contributed by atoms with E-state index in [1.165, 1.54) is 18.5 Å². The molecule has 4 rings (SSSR count). The predicted octanol–water partition coefficient (Wildman–Crippen LogP) is 4.67. The third-order valence-electron chi connectivity index (χ3n) is 4.53. The molecule has 2 aromatic rings. The van der Waals surface area contributed by atoms with E-state index in [4.69, 9.17) is 9.26 Å². The first-order valence-corrected chi connectivity index (χ1v) is 10.1. The lowest BCUT2D eigenvalue weighted by atomic mass is 10.2. The smallest absolute Gasteiger partial charge is 0.279 e. The molecule has 0 aromatic heterocycles. The summed E-state index contributed by atoms with van der Waals surface area (Å²) in [6.07, 6.45) is 2.52. The second kappa shape index (κ2) is 7.98. The van der Waals surface area contributed by atoms with Gasteiger partial charge in [-0.05, 0) is 59.1 Å². The Hall–Kier alpha value is -1.23. The van der Waals surface area contributed by atoms with Crippen molar-refractivity contribution in [3.8, 4) is 11.5 Å². The van der Waals surface area contributed by atoms with Crippen LogP contribution in [0.4, 0.5) is 5.69 Å². The number of rotatable bonds is 4. The van der Waals surface area contributed by atoms with Crippen LogP contribution in [0.2, 0.25) is 0 Å². The summed E-state index contributed by atoms with van der Waals surface area (Å²) < 4.78 is 17.7. The van der Waals surface area contributed by atoms with Crippen LogP contribution >= 0.6 is 24.4 Å². The predicted molar refractivity (Wildman–Crippen MR) is 108 cm³/mol. The van der Waals surface area contributed by atoms with Crippen molar-refractivity contribution in [1.29, 1.82) is 0 Å². The van der Waals surface area contributed by atoms with Crippen LogP contribution in [0.15, 0.2) is 53.0 Å². The van der Waals surface area contributed by atoms with Crippen molar-refractivity contribution in [3.63, 3.8) is 0 Å². The Balaban J connectivity index is 0.00000182. The third kappa shape index (κ3) is 3.67. The lowest BCUT2D eigenvalue weighted by Crippen LogP contribution is -2.20. The molecule has 2 atom stereocenters. The van der Waals surface area contributed by atoms with Gasteiger partial charge in [-0.3, -0.25) is 0 Å². The minimum Gasteiger partial charge on any atom is -0.497 e. The normalized spacial score (nSPS) is 22.4. The van der Waals surface area contributed by atoms with Gasteiger partial charge in [-0.1, -0.05) is 18.2 Å². The lowest BCUT2D eigenvalue weighted by Gasteiger charge is -2.29. The van der Waals surface area contributed by atoms with Crippen molar-refractivity contribution in [1.82, 2.24) is 4.67 Å². The monoisotopic (exact) mass is 417 g/mol. The van der Waals surface area contributed by atoms with Crippen LogP contribution in [0, 0.1) is 0 Å². The first-order chi connectivity index (χ1) is 11.8. The van der Waals surface area contributed by atoms with Crippen LogP contribution < -0.4 is 13.9 Å². The summed E-state index contributed by atoms with van der Waals surface area (Å²) in [4.78, 5) is 0. The molecule has 0 unspecified atom stereocenters. The number of para-hydroxylation sites is 1. The van der Waals surface area contributed by atoms with Crippen molar-refractivity contribution in [2.75, 3.05) is 24.9 Å². The van der Waals surface area contributed by atoms with Crippen LogP contribution in [-0.2, 0) is 0 Å². The molecule has 2 saturated heterocycles. The standard InChI is InChI=1S/C18H20BrN2O2P.B/c1-22-16-9-10-18(17(19)12-16)23-24-20-11-5-8-15(20)13-21(24)14-6-3-2-4-7-14;/h2-4,6-7,9-10,12,15H,5,8,11,13H2,1H3;/t15-,24-;/m0./s1. The highest BCUT2D eigenvalue weighted by Gasteiger charge is 2.45. The van der Waals surface area contributed by atoms with Crippen molar-refractivity contribution >= 4 is 38.5 Å². The van der Waals surface area contributed by atoms with E-state index in [0.29, 0.717) is 6.04 Å². The Bertz CT molecular complexity index is 721. The maximum absolute atomic E-state index is 6.50. The minimum atomic E-state index is -0.836. The zero-order chi connectivity index (χ0) is 16.5. The van der Waals surface area contributed by atoms with Gasteiger partial charge in [-0.2, -0.15) is 0 Å². The summed E-state index contributed by atoms with van der Waals surface area (Å²) in [7, 11) is 0.840. The molecule has 0 saturated carbocycles. The molecule has 2 aliphatic heterocycles. The summed E-state index contributed by atoms with van der Waals surface area (Å²) in [6, 6.07) is 17.1. The molecule has 0 spiro atoms. The molecule has 0 bridgehead atoms. The van der Waals surface area contributed by atoms with E-state index in [0.717, 1.165) is 29.1 Å². The molecule has 3 radical (unpaired) electrons. The van der Waals surface area contributed by atoms with Gasteiger partial charge in [0.15, 0.2) is 0 Å². The van der Waals surface area contributed by atoms with Gasteiger partial charge in [0.05, 0.1) is 11.6 Å². The van der Waals surface area contributed by atoms with Crippen molar-refractivity contribution in [3.05, 3.63) is 53.0 Å². The van der Waals surface area contributed by atoms with Gasteiger partial charge < -0.3 is 13.9 Å². The van der Waals surface area contributed by atoms with Gasteiger partial charge in [0, 0.05) is 33.2 Å². The zero-order valence-corrected chi connectivity index (χ0v) is 16.6. The molecule has 0 N–H and O–H groups in total. The van der Waals surface area contributed by atoms with Crippen molar-refractivity contribution < 1.29 is 9.26 Å². The summed E-state index contributed by atoms with van der Waals surface area (Å²) in [5, 5.41) is 0. The van der Waals surface area contributed by atoms with Crippen molar-refractivity contribution in [2.24, 2.45) is 0 Å². The van der Waals surface area contributed by atoms with E-state index < -0.39 is 8.45 Å². The number of benzene rings is 2. The molecule has 4 nitrogen and oxygen atoms in total. The topological polar surface area (TPSA) is 24.9 Å². The van der Waals surface area contributed by atoms with Crippen LogP contribution in [0.1, 0.15) is 12.8 Å². The van der Waals surface area contributed by atoms with Gasteiger partial charge in [-0.15, -0.1) is 0 Å². The molecule has 2 fully saturated rings. The van der Waals surface area contributed by atoms with Crippen molar-refractivity contribution in [2.45, 2.75) is 18.9 Å². The Kier molecular flexibility index (Phi) is 5.93. The van der Waals surface area contributed by atoms with Crippen LogP contribution in [0.3, 0.4) is 0 Å². The van der Waals surface area contributed by atoms with E-state index in [9.17, 15) is 0 Å². The van der Waals surface area contributed by atoms with E-state index in [1.807, 2.05) is 18.2 Å². The molecular formula is C18H20BBrN2O2P. The average molecular weight is 418 g/mol. The highest BCUT2D eigenvalue weighted by Crippen LogP contribution is 2.57. The molecule has 0 amide bonds. The molecule has 2 aromatic carbocycles. The number of methoxy groups -OCH3 is 1. The molecule has 7 heteroatoms. The highest BCUT2D eigenvalue weighted by molar-refractivity contribution is 9.10. The zero-order valence-electron chi connectivity index (χ0n) is 14.1. The SMILES string of the molecule is COc1ccc(O[P@]2N(c3ccccc3)C[C@@H]3CCCN32)c(Br)c1.[B]. The Labute approximate surface area is 160 Å². The van der Waals surface area contributed by atoms with Crippen LogP contribution in [-0.4, -0.2) is 39.3 Å². The van der Waals surface area contributed by atoms with E-state index in [1.54, 1.807) is 7.11 Å². The fraction of sp³-hybridized carbons (Fsp3) is 0.333. The molecular weight excluding hydrogens is 398 g/mol. The van der Waals surface area contributed by atoms with Crippen LogP contribution in [0.5, 0.6) is 11.5 Å². The first kappa shape index (κ1) is 18.6. The fourth-order valence-corrected chi connectivity index (χ4v) is 6.14. The second-order valence-electron chi connectivity index (χ2n) is 6.02. The Morgan fingerprint density at radius 3 is 2.68 bits per heavy atom. The number of fused-ring (bicyclic) bond motifs is 1. The molecule has 2 heterocycles. The number of anilines is 1. The minimum absolute atomic E-state index is 0. The van der Waals surface area contributed by atoms with Gasteiger partial charge in [0.25, 0.3) is 8.45 Å². The van der Waals surface area contributed by atoms with E-state index in [-0.39, 0.29) is 8.41 Å². The number of hydrogen-bond donors (Lipinski definition) is 0. The van der Waals surface area contributed by atoms with Gasteiger partial charge >= 0.3 is 0 Å². The quantitative estimate of drug-likeness (QED) is 0.533. The van der Waals surface area contributed by atoms with Gasteiger partial charge in [-0.25, -0.2) is 4.67 Å². The summed E-state index contributed by atoms with van der Waals surface area (Å²) in [5.41, 5.74) is 1.24. The molecule has 0 aliphatic carbocycles. The highest BCUT2D eigenvalue weighted by atomic mass is 79.9. The first-order valence-electron chi connectivity index (χ1n) is 8.17. The lowest BCUT2D eigenvalue weighted by molar-refractivity contribution is 0.412. The Morgan fingerprint density at radius 2 is 1.96 bits per heavy atom. The maximum Gasteiger partial charge on any atom is 0.279 e. The van der Waals surface area contributed by atoms with E-state index in [2.05, 4.69) is 55.6 Å². The third-order valence-corrected chi connectivity index (χ3v) is 7.28. The second-order valence-corrected chi connectivity index (χ2v) is 8.56.